The molecule has 3 rings (SSSR count). The highest BCUT2D eigenvalue weighted by Crippen LogP contribution is 2.35. The monoisotopic (exact) mass is 475 g/mol. The van der Waals surface area contributed by atoms with Gasteiger partial charge in [-0.2, -0.15) is 14.0 Å². The normalized spacial score (nSPS) is 16.2. The van der Waals surface area contributed by atoms with Crippen LogP contribution in [-0.2, 0) is 9.53 Å². The summed E-state index contributed by atoms with van der Waals surface area (Å²) in [5, 5.41) is 31.7. The molecule has 2 N–H and O–H groups in total. The van der Waals surface area contributed by atoms with Gasteiger partial charge in [0.2, 0.25) is 0 Å². The molecule has 9 nitrogen and oxygen atoms in total. The lowest BCUT2D eigenvalue weighted by Gasteiger charge is -2.33. The Morgan fingerprint density at radius 1 is 1.41 bits per heavy atom. The molecule has 2 heterocycles. The third-order valence-corrected chi connectivity index (χ3v) is 5.56. The standard InChI is InChI=1S/C23H27F2N5O4/c1-3-33-20(32)8-10-30-9-4-5-15(13-30)27-22-18(12-26)14(2)21(28-29-22)17-7-6-16(11-19(17)31)34-23(24)25/h6-7,11,15,23,31H,3-5,8-10,13H2,1-2H3,(H,27,29). The summed E-state index contributed by atoms with van der Waals surface area (Å²) >= 11 is 0. The van der Waals surface area contributed by atoms with Gasteiger partial charge in [0.15, 0.2) is 5.82 Å². The summed E-state index contributed by atoms with van der Waals surface area (Å²) < 4.78 is 34.1. The summed E-state index contributed by atoms with van der Waals surface area (Å²) in [6, 6.07) is 5.89. The number of aromatic nitrogens is 2. The van der Waals surface area contributed by atoms with E-state index in [4.69, 9.17) is 4.74 Å². The number of carbonyl (C=O) groups is 1. The zero-order valence-corrected chi connectivity index (χ0v) is 19.1. The number of nitriles is 1. The lowest BCUT2D eigenvalue weighted by molar-refractivity contribution is -0.143. The lowest BCUT2D eigenvalue weighted by atomic mass is 10.0. The minimum atomic E-state index is -3.01. The predicted octanol–water partition coefficient (Wildman–Crippen LogP) is 3.46. The molecule has 0 spiro atoms. The first-order chi connectivity index (χ1) is 16.3. The van der Waals surface area contributed by atoms with Crippen molar-refractivity contribution in [3.63, 3.8) is 0 Å². The molecule has 1 unspecified atom stereocenters. The highest BCUT2D eigenvalue weighted by atomic mass is 19.3. The first-order valence-electron chi connectivity index (χ1n) is 11.0. The molecule has 1 aliphatic heterocycles. The van der Waals surface area contributed by atoms with Gasteiger partial charge in [-0.15, -0.1) is 10.2 Å². The van der Waals surface area contributed by atoms with E-state index in [1.54, 1.807) is 13.8 Å². The minimum absolute atomic E-state index is 0.0155. The molecular weight excluding hydrogens is 448 g/mol. The molecule has 0 bridgehead atoms. The molecule has 0 radical (unpaired) electrons. The van der Waals surface area contributed by atoms with Crippen LogP contribution >= 0.6 is 0 Å². The number of phenolic OH excluding ortho intramolecular Hbond substituents is 1. The number of nitrogens with one attached hydrogen (secondary N) is 1. The molecule has 182 valence electrons. The molecule has 34 heavy (non-hydrogen) atoms. The van der Waals surface area contributed by atoms with Crippen molar-refractivity contribution in [2.45, 2.75) is 45.8 Å². The highest BCUT2D eigenvalue weighted by molar-refractivity contribution is 5.74. The van der Waals surface area contributed by atoms with Gasteiger partial charge >= 0.3 is 12.6 Å². The number of rotatable bonds is 9. The van der Waals surface area contributed by atoms with E-state index in [0.29, 0.717) is 37.5 Å². The van der Waals surface area contributed by atoms with E-state index in [-0.39, 0.29) is 40.3 Å². The molecule has 1 aromatic heterocycles. The molecule has 1 saturated heterocycles. The zero-order chi connectivity index (χ0) is 24.7. The molecule has 1 fully saturated rings. The number of phenols is 1. The molecule has 0 saturated carbocycles. The van der Waals surface area contributed by atoms with E-state index >= 15 is 0 Å². The fourth-order valence-electron chi connectivity index (χ4n) is 3.95. The quantitative estimate of drug-likeness (QED) is 0.525. The number of piperidine rings is 1. The number of alkyl halides is 2. The topological polar surface area (TPSA) is 121 Å². The van der Waals surface area contributed by atoms with Crippen LogP contribution in [0, 0.1) is 18.3 Å². The molecule has 2 aromatic rings. The van der Waals surface area contributed by atoms with Crippen LogP contribution in [0.1, 0.15) is 37.3 Å². The minimum Gasteiger partial charge on any atom is -0.507 e. The van der Waals surface area contributed by atoms with E-state index in [0.717, 1.165) is 25.5 Å². The Morgan fingerprint density at radius 2 is 2.21 bits per heavy atom. The van der Waals surface area contributed by atoms with Crippen molar-refractivity contribution in [2.75, 3.05) is 31.6 Å². The van der Waals surface area contributed by atoms with Gasteiger partial charge in [0.05, 0.1) is 13.0 Å². The maximum atomic E-state index is 12.4. The SMILES string of the molecule is CCOC(=O)CCN1CCCC(Nc2nnc(-c3ccc(OC(F)F)cc3O)c(C)c2C#N)C1. The van der Waals surface area contributed by atoms with Crippen LogP contribution < -0.4 is 10.1 Å². The van der Waals surface area contributed by atoms with E-state index in [9.17, 15) is 23.9 Å². The van der Waals surface area contributed by atoms with E-state index in [1.807, 2.05) is 0 Å². The van der Waals surface area contributed by atoms with Crippen LogP contribution in [-0.4, -0.2) is 65.1 Å². The van der Waals surface area contributed by atoms with Gasteiger partial charge < -0.3 is 24.8 Å². The fourth-order valence-corrected chi connectivity index (χ4v) is 3.95. The number of aromatic hydroxyl groups is 1. The van der Waals surface area contributed by atoms with Crippen molar-refractivity contribution in [2.24, 2.45) is 0 Å². The van der Waals surface area contributed by atoms with Crippen molar-refractivity contribution in [1.82, 2.24) is 15.1 Å². The van der Waals surface area contributed by atoms with Gasteiger partial charge in [-0.25, -0.2) is 0 Å². The molecule has 1 aromatic carbocycles. The second kappa shape index (κ2) is 11.6. The van der Waals surface area contributed by atoms with Crippen LogP contribution in [0.4, 0.5) is 14.6 Å². The van der Waals surface area contributed by atoms with E-state index in [2.05, 4.69) is 31.2 Å². The van der Waals surface area contributed by atoms with Gasteiger partial charge in [-0.05, 0) is 50.9 Å². The second-order valence-electron chi connectivity index (χ2n) is 7.91. The summed E-state index contributed by atoms with van der Waals surface area (Å²) in [5.74, 6) is -0.397. The largest absolute Gasteiger partial charge is 0.507 e. The van der Waals surface area contributed by atoms with Gasteiger partial charge in [-0.3, -0.25) is 4.79 Å². The molecule has 0 amide bonds. The Morgan fingerprint density at radius 3 is 2.88 bits per heavy atom. The van der Waals surface area contributed by atoms with Crippen molar-refractivity contribution >= 4 is 11.8 Å². The van der Waals surface area contributed by atoms with Crippen molar-refractivity contribution in [1.29, 1.82) is 5.26 Å². The number of hydrogen-bond acceptors (Lipinski definition) is 9. The Labute approximate surface area is 196 Å². The average Bonchev–Trinajstić information content (AvgIpc) is 2.79. The number of esters is 1. The van der Waals surface area contributed by atoms with Crippen LogP contribution in [0.25, 0.3) is 11.3 Å². The Bertz CT molecular complexity index is 1060. The summed E-state index contributed by atoms with van der Waals surface area (Å²) in [6.07, 6.45) is 2.12. The maximum Gasteiger partial charge on any atom is 0.387 e. The number of ether oxygens (including phenoxy) is 2. The number of benzene rings is 1. The van der Waals surface area contributed by atoms with Crippen molar-refractivity contribution < 1.29 is 28.2 Å². The van der Waals surface area contributed by atoms with Gasteiger partial charge in [-0.1, -0.05) is 0 Å². The summed E-state index contributed by atoms with van der Waals surface area (Å²) in [5.41, 5.74) is 1.29. The number of anilines is 1. The number of halogens is 2. The number of carbonyl (C=O) groups excluding carboxylic acids is 1. The average molecular weight is 475 g/mol. The number of likely N-dealkylation sites (tertiary alicyclic amines) is 1. The third kappa shape index (κ3) is 6.29. The summed E-state index contributed by atoms with van der Waals surface area (Å²) in [7, 11) is 0. The number of hydrogen-bond donors (Lipinski definition) is 2. The smallest absolute Gasteiger partial charge is 0.387 e. The maximum absolute atomic E-state index is 12.4. The summed E-state index contributed by atoms with van der Waals surface area (Å²) in [6.45, 7) is 2.95. The highest BCUT2D eigenvalue weighted by Gasteiger charge is 2.24. The molecule has 11 heteroatoms. The Hall–Kier alpha value is -3.52. The van der Waals surface area contributed by atoms with Crippen LogP contribution in [0.3, 0.4) is 0 Å². The lowest BCUT2D eigenvalue weighted by Crippen LogP contribution is -2.43. The Kier molecular flexibility index (Phi) is 8.54. The predicted molar refractivity (Wildman–Crippen MR) is 120 cm³/mol. The second-order valence-corrected chi connectivity index (χ2v) is 7.91. The summed E-state index contributed by atoms with van der Waals surface area (Å²) in [4.78, 5) is 13.8. The van der Waals surface area contributed by atoms with Crippen molar-refractivity contribution in [3.8, 4) is 28.8 Å². The number of nitrogens with zero attached hydrogens (tertiary/aromatic N) is 4. The van der Waals surface area contributed by atoms with E-state index < -0.39 is 6.61 Å². The van der Waals surface area contributed by atoms with Gasteiger partial charge in [0.25, 0.3) is 0 Å². The van der Waals surface area contributed by atoms with Crippen LogP contribution in [0.2, 0.25) is 0 Å². The van der Waals surface area contributed by atoms with Crippen LogP contribution in [0.5, 0.6) is 11.5 Å². The molecule has 1 aliphatic rings. The first kappa shape index (κ1) is 25.1. The molecule has 0 aliphatic carbocycles. The van der Waals surface area contributed by atoms with Crippen molar-refractivity contribution in [3.05, 3.63) is 29.3 Å². The fraction of sp³-hybridized carbons (Fsp3) is 0.478. The Balaban J connectivity index is 1.74. The van der Waals surface area contributed by atoms with Gasteiger partial charge in [0.1, 0.15) is 28.8 Å². The molecule has 1 atom stereocenters. The molecular formula is C23H27F2N5O4. The first-order valence-corrected chi connectivity index (χ1v) is 11.0. The van der Waals surface area contributed by atoms with E-state index in [1.165, 1.54) is 12.1 Å². The third-order valence-electron chi connectivity index (χ3n) is 5.56. The zero-order valence-electron chi connectivity index (χ0n) is 19.1. The van der Waals surface area contributed by atoms with Crippen LogP contribution in [0.15, 0.2) is 18.2 Å². The van der Waals surface area contributed by atoms with Gasteiger partial charge in [0, 0.05) is 30.8 Å².